The first-order valence-corrected chi connectivity index (χ1v) is 12.2. The summed E-state index contributed by atoms with van der Waals surface area (Å²) >= 11 is 0. The van der Waals surface area contributed by atoms with Crippen molar-refractivity contribution in [1.82, 2.24) is 10.4 Å². The van der Waals surface area contributed by atoms with Crippen LogP contribution in [0.15, 0.2) is 78.6 Å². The Morgan fingerprint density at radius 3 is 2.56 bits per heavy atom. The summed E-state index contributed by atoms with van der Waals surface area (Å²) in [7, 11) is 1.46. The lowest BCUT2D eigenvalue weighted by Gasteiger charge is -2.36. The van der Waals surface area contributed by atoms with Crippen LogP contribution in [0, 0.1) is 17.2 Å². The van der Waals surface area contributed by atoms with Crippen LogP contribution in [0.25, 0.3) is 0 Å². The van der Waals surface area contributed by atoms with Crippen molar-refractivity contribution >= 4 is 29.0 Å². The molecule has 2 amide bonds. The van der Waals surface area contributed by atoms with Crippen molar-refractivity contribution in [3.63, 3.8) is 0 Å². The molecule has 2 atom stereocenters. The second-order valence-electron chi connectivity index (χ2n) is 9.21. The number of hydrogen-bond acceptors (Lipinski definition) is 8. The van der Waals surface area contributed by atoms with Gasteiger partial charge in [-0.3, -0.25) is 19.3 Å². The summed E-state index contributed by atoms with van der Waals surface area (Å²) in [6, 6.07) is 18.7. The third kappa shape index (κ3) is 4.79. The lowest BCUT2D eigenvalue weighted by atomic mass is 9.96. The SMILES string of the molecule is COc1ccc(NC(=O)[C@H]2CNN3C=C(C)N(c4ccc(C(=O)c5cccc(O)c5)cc4)C(=O)C23)cc1C#N. The van der Waals surface area contributed by atoms with E-state index < -0.39 is 12.0 Å². The van der Waals surface area contributed by atoms with Gasteiger partial charge in [-0.2, -0.15) is 5.26 Å². The van der Waals surface area contributed by atoms with Crippen LogP contribution in [0.1, 0.15) is 28.4 Å². The van der Waals surface area contributed by atoms with Crippen molar-refractivity contribution in [2.75, 3.05) is 23.9 Å². The number of hydrazine groups is 1. The number of phenolic OH excluding ortho intramolecular Hbond substituents is 1. The molecule has 3 aromatic rings. The molecule has 0 saturated carbocycles. The van der Waals surface area contributed by atoms with E-state index in [9.17, 15) is 24.8 Å². The second kappa shape index (κ2) is 10.3. The highest BCUT2D eigenvalue weighted by Gasteiger charge is 2.47. The Morgan fingerprint density at radius 2 is 1.87 bits per heavy atom. The van der Waals surface area contributed by atoms with E-state index in [0.717, 1.165) is 0 Å². The Balaban J connectivity index is 1.35. The molecule has 2 aliphatic heterocycles. The smallest absolute Gasteiger partial charge is 0.256 e. The molecule has 2 heterocycles. The van der Waals surface area contributed by atoms with Gasteiger partial charge >= 0.3 is 0 Å². The van der Waals surface area contributed by atoms with Crippen molar-refractivity contribution in [2.45, 2.75) is 13.0 Å². The molecule has 3 aromatic carbocycles. The van der Waals surface area contributed by atoms with Gasteiger partial charge in [0.05, 0.1) is 18.6 Å². The number of carbonyl (C=O) groups is 3. The highest BCUT2D eigenvalue weighted by Crippen LogP contribution is 2.32. The average Bonchev–Trinajstić information content (AvgIpc) is 3.37. The second-order valence-corrected chi connectivity index (χ2v) is 9.21. The van der Waals surface area contributed by atoms with Crippen LogP contribution in [0.2, 0.25) is 0 Å². The van der Waals surface area contributed by atoms with Crippen molar-refractivity contribution in [3.05, 3.63) is 95.3 Å². The first kappa shape index (κ1) is 25.5. The third-order valence-corrected chi connectivity index (χ3v) is 6.75. The summed E-state index contributed by atoms with van der Waals surface area (Å²) in [6.07, 6.45) is 1.77. The first-order chi connectivity index (χ1) is 18.8. The normalized spacial score (nSPS) is 18.2. The van der Waals surface area contributed by atoms with Crippen LogP contribution in [-0.2, 0) is 9.59 Å². The fourth-order valence-corrected chi connectivity index (χ4v) is 4.84. The van der Waals surface area contributed by atoms with Gasteiger partial charge in [0, 0.05) is 40.9 Å². The quantitative estimate of drug-likeness (QED) is 0.420. The molecule has 1 unspecified atom stereocenters. The number of methoxy groups -OCH3 is 1. The van der Waals surface area contributed by atoms with Gasteiger partial charge in [0.1, 0.15) is 23.6 Å². The number of ketones is 1. The molecule has 0 spiro atoms. The fraction of sp³-hybridized carbons (Fsp3) is 0.172. The summed E-state index contributed by atoms with van der Waals surface area (Å²) in [5.41, 5.74) is 5.78. The molecule has 1 fully saturated rings. The highest BCUT2D eigenvalue weighted by atomic mass is 16.5. The van der Waals surface area contributed by atoms with Crippen molar-refractivity contribution in [2.24, 2.45) is 5.92 Å². The van der Waals surface area contributed by atoms with E-state index in [1.807, 2.05) is 6.07 Å². The number of amides is 2. The molecule has 5 rings (SSSR count). The van der Waals surface area contributed by atoms with Gasteiger partial charge in [0.25, 0.3) is 5.91 Å². The molecule has 1 saturated heterocycles. The van der Waals surface area contributed by atoms with E-state index in [1.165, 1.54) is 30.2 Å². The van der Waals surface area contributed by atoms with Crippen LogP contribution in [0.4, 0.5) is 11.4 Å². The minimum Gasteiger partial charge on any atom is -0.508 e. The number of fused-ring (bicyclic) bond motifs is 1. The molecule has 0 radical (unpaired) electrons. The number of anilines is 2. The number of ether oxygens (including phenoxy) is 1. The first-order valence-electron chi connectivity index (χ1n) is 12.2. The molecule has 2 aliphatic rings. The molecule has 0 aliphatic carbocycles. The standard InChI is InChI=1S/C29H25N5O5/c1-17-16-33-26(24(15-31-33)28(37)32-21-8-11-25(39-2)20(12-21)14-30)29(38)34(17)22-9-6-18(7-10-22)27(36)19-4-3-5-23(35)13-19/h3-13,16,24,26,31,35H,15H2,1-2H3,(H,32,37)/t24-,26?/m0/s1. The van der Waals surface area contributed by atoms with Gasteiger partial charge in [-0.25, -0.2) is 5.43 Å². The average molecular weight is 524 g/mol. The monoisotopic (exact) mass is 523 g/mol. The molecule has 0 aromatic heterocycles. The van der Waals surface area contributed by atoms with Crippen LogP contribution in [-0.4, -0.2) is 47.4 Å². The lowest BCUT2D eigenvalue weighted by molar-refractivity contribution is -0.129. The summed E-state index contributed by atoms with van der Waals surface area (Å²) in [6.45, 7) is 2.04. The molecule has 196 valence electrons. The van der Waals surface area contributed by atoms with Crippen molar-refractivity contribution in [1.29, 1.82) is 5.26 Å². The van der Waals surface area contributed by atoms with Gasteiger partial charge in [0.15, 0.2) is 5.78 Å². The predicted molar refractivity (Wildman–Crippen MR) is 143 cm³/mol. The lowest BCUT2D eigenvalue weighted by Crippen LogP contribution is -2.53. The zero-order valence-corrected chi connectivity index (χ0v) is 21.2. The number of allylic oxidation sites excluding steroid dienone is 1. The Kier molecular flexibility index (Phi) is 6.75. The third-order valence-electron chi connectivity index (χ3n) is 6.75. The van der Waals surface area contributed by atoms with Crippen LogP contribution in [0.3, 0.4) is 0 Å². The maximum absolute atomic E-state index is 13.7. The number of nitriles is 1. The predicted octanol–water partition coefficient (Wildman–Crippen LogP) is 3.16. The van der Waals surface area contributed by atoms with Gasteiger partial charge in [-0.05, 0) is 61.5 Å². The number of benzene rings is 3. The van der Waals surface area contributed by atoms with Crippen molar-refractivity contribution in [3.8, 4) is 17.6 Å². The number of hydrogen-bond donors (Lipinski definition) is 3. The fourth-order valence-electron chi connectivity index (χ4n) is 4.84. The largest absolute Gasteiger partial charge is 0.508 e. The van der Waals surface area contributed by atoms with Crippen LogP contribution < -0.4 is 20.4 Å². The maximum atomic E-state index is 13.7. The summed E-state index contributed by atoms with van der Waals surface area (Å²) < 4.78 is 5.15. The van der Waals surface area contributed by atoms with E-state index in [-0.39, 0.29) is 35.5 Å². The number of rotatable bonds is 6. The zero-order chi connectivity index (χ0) is 27.7. The van der Waals surface area contributed by atoms with E-state index in [2.05, 4.69) is 10.7 Å². The summed E-state index contributed by atoms with van der Waals surface area (Å²) in [5, 5.41) is 23.5. The minimum atomic E-state index is -0.795. The van der Waals surface area contributed by atoms with Gasteiger partial charge in [-0.1, -0.05) is 12.1 Å². The molecular formula is C29H25N5O5. The van der Waals surface area contributed by atoms with Crippen molar-refractivity contribution < 1.29 is 24.2 Å². The Bertz CT molecular complexity index is 1540. The summed E-state index contributed by atoms with van der Waals surface area (Å²) in [4.78, 5) is 41.3. The number of phenols is 1. The molecule has 3 N–H and O–H groups in total. The van der Waals surface area contributed by atoms with Gasteiger partial charge in [-0.15, -0.1) is 0 Å². The Hall–Kier alpha value is -5.14. The molecule has 10 nitrogen and oxygen atoms in total. The Labute approximate surface area is 224 Å². The van der Waals surface area contributed by atoms with Gasteiger partial charge < -0.3 is 20.2 Å². The number of carbonyl (C=O) groups excluding carboxylic acids is 3. The molecular weight excluding hydrogens is 498 g/mol. The highest BCUT2D eigenvalue weighted by molar-refractivity contribution is 6.10. The van der Waals surface area contributed by atoms with E-state index >= 15 is 0 Å². The minimum absolute atomic E-state index is 0.00274. The Morgan fingerprint density at radius 1 is 1.10 bits per heavy atom. The molecule has 0 bridgehead atoms. The number of nitrogens with zero attached hydrogens (tertiary/aromatic N) is 3. The maximum Gasteiger partial charge on any atom is 0.256 e. The summed E-state index contributed by atoms with van der Waals surface area (Å²) in [5.74, 6) is -1.21. The molecule has 10 heteroatoms. The van der Waals surface area contributed by atoms with E-state index in [4.69, 9.17) is 4.74 Å². The topological polar surface area (TPSA) is 135 Å². The number of aromatic hydroxyl groups is 1. The van der Waals surface area contributed by atoms with Crippen LogP contribution in [0.5, 0.6) is 11.5 Å². The zero-order valence-electron chi connectivity index (χ0n) is 21.2. The van der Waals surface area contributed by atoms with E-state index in [0.29, 0.717) is 33.9 Å². The van der Waals surface area contributed by atoms with Crippen LogP contribution >= 0.6 is 0 Å². The van der Waals surface area contributed by atoms with E-state index in [1.54, 1.807) is 66.7 Å². The van der Waals surface area contributed by atoms with Gasteiger partial charge in [0.2, 0.25) is 5.91 Å². The number of nitrogens with one attached hydrogen (secondary N) is 2. The molecule has 39 heavy (non-hydrogen) atoms.